The smallest absolute Gasteiger partial charge is 0.191 e. The molecule has 166 valence electrons. The monoisotopic (exact) mass is 544 g/mol. The van der Waals surface area contributed by atoms with Crippen LogP contribution in [0.25, 0.3) is 0 Å². The van der Waals surface area contributed by atoms with E-state index in [9.17, 15) is 0 Å². The van der Waals surface area contributed by atoms with Gasteiger partial charge in [0.25, 0.3) is 0 Å². The summed E-state index contributed by atoms with van der Waals surface area (Å²) in [5.74, 6) is 4.14. The molecule has 0 aliphatic carbocycles. The molecule has 6 nitrogen and oxygen atoms in total. The summed E-state index contributed by atoms with van der Waals surface area (Å²) in [5.41, 5.74) is 2.54. The van der Waals surface area contributed by atoms with Crippen molar-refractivity contribution in [2.45, 2.75) is 26.5 Å². The number of anilines is 1. The molecule has 3 rings (SSSR count). The second-order valence-corrected chi connectivity index (χ2v) is 8.10. The van der Waals surface area contributed by atoms with Crippen molar-refractivity contribution in [1.29, 1.82) is 0 Å². The van der Waals surface area contributed by atoms with Gasteiger partial charge in [0.15, 0.2) is 5.96 Å². The first kappa shape index (κ1) is 24.9. The summed E-state index contributed by atoms with van der Waals surface area (Å²) in [5, 5.41) is 6.67. The number of furan rings is 1. The minimum atomic E-state index is 0. The van der Waals surface area contributed by atoms with Crippen LogP contribution in [0.3, 0.4) is 0 Å². The fraction of sp³-hybridized carbons (Fsp3) is 0.500. The lowest BCUT2D eigenvalue weighted by Crippen LogP contribution is -2.38. The van der Waals surface area contributed by atoms with E-state index < -0.39 is 0 Å². The van der Waals surface area contributed by atoms with Crippen LogP contribution in [0.1, 0.15) is 24.7 Å². The highest BCUT2D eigenvalue weighted by Crippen LogP contribution is 2.20. The van der Waals surface area contributed by atoms with Gasteiger partial charge in [-0.25, -0.2) is 4.99 Å². The van der Waals surface area contributed by atoms with Gasteiger partial charge in [0.05, 0.1) is 12.8 Å². The summed E-state index contributed by atoms with van der Waals surface area (Å²) >= 11 is 2.04. The van der Waals surface area contributed by atoms with Crippen molar-refractivity contribution in [3.05, 3.63) is 54.0 Å². The van der Waals surface area contributed by atoms with Crippen molar-refractivity contribution >= 4 is 47.4 Å². The Morgan fingerprint density at radius 3 is 2.67 bits per heavy atom. The largest absolute Gasteiger partial charge is 0.467 e. The summed E-state index contributed by atoms with van der Waals surface area (Å²) in [7, 11) is 0. The first-order chi connectivity index (χ1) is 14.3. The molecular formula is C22H33IN4O2S. The number of hydrogen-bond donors (Lipinski definition) is 2. The predicted molar refractivity (Wildman–Crippen MR) is 137 cm³/mol. The van der Waals surface area contributed by atoms with Crippen LogP contribution in [0.15, 0.2) is 52.1 Å². The molecule has 1 aliphatic heterocycles. The Morgan fingerprint density at radius 2 is 1.97 bits per heavy atom. The molecule has 2 heterocycles. The topological polar surface area (TPSA) is 62.0 Å². The maximum atomic E-state index is 5.61. The number of nitrogens with zero attached hydrogens (tertiary/aromatic N) is 2. The van der Waals surface area contributed by atoms with E-state index in [0.717, 1.165) is 44.3 Å². The van der Waals surface area contributed by atoms with Gasteiger partial charge in [-0.2, -0.15) is 11.8 Å². The quantitative estimate of drug-likeness (QED) is 0.203. The number of hydrogen-bond acceptors (Lipinski definition) is 5. The minimum Gasteiger partial charge on any atom is -0.467 e. The van der Waals surface area contributed by atoms with Crippen LogP contribution in [-0.4, -0.2) is 50.3 Å². The zero-order chi connectivity index (χ0) is 20.2. The lowest BCUT2D eigenvalue weighted by Gasteiger charge is -2.28. The Kier molecular flexibility index (Phi) is 12.1. The fourth-order valence-corrected chi connectivity index (χ4v) is 4.00. The number of nitrogens with one attached hydrogen (secondary N) is 2. The van der Waals surface area contributed by atoms with Crippen LogP contribution in [0, 0.1) is 0 Å². The van der Waals surface area contributed by atoms with Gasteiger partial charge in [0.2, 0.25) is 0 Å². The van der Waals surface area contributed by atoms with Crippen molar-refractivity contribution < 1.29 is 9.15 Å². The van der Waals surface area contributed by atoms with Crippen LogP contribution in [-0.2, 0) is 17.9 Å². The second-order valence-electron chi connectivity index (χ2n) is 6.87. The number of thioether (sulfide) groups is 1. The third kappa shape index (κ3) is 8.77. The third-order valence-electron chi connectivity index (χ3n) is 4.66. The molecule has 0 bridgehead atoms. The van der Waals surface area contributed by atoms with Gasteiger partial charge in [-0.15, -0.1) is 24.0 Å². The molecule has 1 aliphatic rings. The molecule has 2 N–H and O–H groups in total. The second kappa shape index (κ2) is 14.6. The molecule has 1 aromatic carbocycles. The van der Waals surface area contributed by atoms with E-state index in [1.54, 1.807) is 6.26 Å². The van der Waals surface area contributed by atoms with Gasteiger partial charge in [-0.1, -0.05) is 12.1 Å². The Bertz CT molecular complexity index is 719. The predicted octanol–water partition coefficient (Wildman–Crippen LogP) is 4.11. The molecule has 0 amide bonds. The van der Waals surface area contributed by atoms with E-state index in [0.29, 0.717) is 19.8 Å². The average molecular weight is 545 g/mol. The molecule has 0 atom stereocenters. The van der Waals surface area contributed by atoms with Crippen LogP contribution in [0.5, 0.6) is 0 Å². The minimum absolute atomic E-state index is 0. The van der Waals surface area contributed by atoms with Gasteiger partial charge in [-0.3, -0.25) is 0 Å². The number of halogens is 1. The Hall–Kier alpha value is -1.39. The highest BCUT2D eigenvalue weighted by atomic mass is 127. The first-order valence-corrected chi connectivity index (χ1v) is 11.5. The van der Waals surface area contributed by atoms with Crippen LogP contribution in [0.4, 0.5) is 5.69 Å². The third-order valence-corrected chi connectivity index (χ3v) is 5.60. The van der Waals surface area contributed by atoms with Crippen LogP contribution in [0.2, 0.25) is 0 Å². The molecule has 1 aromatic heterocycles. The molecule has 1 fully saturated rings. The SMILES string of the molecule is CCNC(=NCc1ccc(N2CCSCC2)cc1)NCCCOCc1ccco1.I. The Balaban J connectivity index is 0.00000320. The summed E-state index contributed by atoms with van der Waals surface area (Å²) in [4.78, 5) is 7.17. The van der Waals surface area contributed by atoms with Crippen molar-refractivity contribution in [2.24, 2.45) is 4.99 Å². The number of rotatable bonds is 10. The molecule has 30 heavy (non-hydrogen) atoms. The van der Waals surface area contributed by atoms with Crippen LogP contribution >= 0.6 is 35.7 Å². The Morgan fingerprint density at radius 1 is 1.17 bits per heavy atom. The van der Waals surface area contributed by atoms with E-state index in [2.05, 4.69) is 46.7 Å². The molecule has 0 saturated carbocycles. The van der Waals surface area contributed by atoms with Gasteiger partial charge in [0, 0.05) is 50.0 Å². The van der Waals surface area contributed by atoms with Gasteiger partial charge in [0.1, 0.15) is 12.4 Å². The number of guanidine groups is 1. The molecule has 8 heteroatoms. The molecule has 0 unspecified atom stereocenters. The zero-order valence-corrected chi connectivity index (χ0v) is 20.8. The summed E-state index contributed by atoms with van der Waals surface area (Å²) < 4.78 is 10.9. The van der Waals surface area contributed by atoms with E-state index in [-0.39, 0.29) is 24.0 Å². The van der Waals surface area contributed by atoms with Crippen molar-refractivity contribution in [2.75, 3.05) is 49.2 Å². The van der Waals surface area contributed by atoms with Crippen LogP contribution < -0.4 is 15.5 Å². The lowest BCUT2D eigenvalue weighted by atomic mass is 10.2. The normalized spacial score (nSPS) is 14.3. The first-order valence-electron chi connectivity index (χ1n) is 10.4. The van der Waals surface area contributed by atoms with E-state index in [4.69, 9.17) is 14.1 Å². The van der Waals surface area contributed by atoms with Crippen molar-refractivity contribution in [3.8, 4) is 0 Å². The zero-order valence-electron chi connectivity index (χ0n) is 17.6. The maximum absolute atomic E-state index is 5.61. The van der Waals surface area contributed by atoms with Gasteiger partial charge < -0.3 is 24.7 Å². The summed E-state index contributed by atoms with van der Waals surface area (Å²) in [6, 6.07) is 12.6. The fourth-order valence-electron chi connectivity index (χ4n) is 3.09. The molecule has 0 spiro atoms. The van der Waals surface area contributed by atoms with Crippen molar-refractivity contribution in [3.63, 3.8) is 0 Å². The molecular weight excluding hydrogens is 511 g/mol. The summed E-state index contributed by atoms with van der Waals surface area (Å²) in [6.07, 6.45) is 2.58. The standard InChI is InChI=1S/C22H32N4O2S.HI/c1-2-23-22(24-10-4-13-27-18-21-5-3-14-28-21)25-17-19-6-8-20(9-7-19)26-11-15-29-16-12-26;/h3,5-9,14H,2,4,10-13,15-18H2,1H3,(H2,23,24,25);1H. The highest BCUT2D eigenvalue weighted by Gasteiger charge is 2.10. The molecule has 0 radical (unpaired) electrons. The average Bonchev–Trinajstić information content (AvgIpc) is 3.29. The van der Waals surface area contributed by atoms with Gasteiger partial charge >= 0.3 is 0 Å². The highest BCUT2D eigenvalue weighted by molar-refractivity contribution is 14.0. The number of ether oxygens (including phenoxy) is 1. The number of aliphatic imine (C=N–C) groups is 1. The van der Waals surface area contributed by atoms with E-state index >= 15 is 0 Å². The van der Waals surface area contributed by atoms with Crippen molar-refractivity contribution in [1.82, 2.24) is 10.6 Å². The molecule has 2 aromatic rings. The van der Waals surface area contributed by atoms with E-state index in [1.807, 2.05) is 23.9 Å². The maximum Gasteiger partial charge on any atom is 0.191 e. The number of benzene rings is 1. The Labute approximate surface area is 201 Å². The lowest BCUT2D eigenvalue weighted by molar-refractivity contribution is 0.105. The summed E-state index contributed by atoms with van der Waals surface area (Å²) in [6.45, 7) is 7.89. The molecule has 1 saturated heterocycles. The van der Waals surface area contributed by atoms with Gasteiger partial charge in [-0.05, 0) is 43.2 Å². The van der Waals surface area contributed by atoms with E-state index in [1.165, 1.54) is 22.8 Å².